The van der Waals surface area contributed by atoms with Crippen molar-refractivity contribution >= 4 is 11.9 Å². The number of carboxylic acids is 1. The molecule has 0 aromatic carbocycles. The Morgan fingerprint density at radius 3 is 2.42 bits per heavy atom. The minimum Gasteiger partial charge on any atom is -0.480 e. The van der Waals surface area contributed by atoms with Crippen LogP contribution in [0.1, 0.15) is 6.42 Å². The van der Waals surface area contributed by atoms with Gasteiger partial charge in [0.05, 0.1) is 6.42 Å². The number of hydrogen-bond acceptors (Lipinski definition) is 4. The third kappa shape index (κ3) is 4.64. The van der Waals surface area contributed by atoms with Gasteiger partial charge in [-0.2, -0.15) is 0 Å². The Morgan fingerprint density at radius 2 is 2.08 bits per heavy atom. The fourth-order valence-electron chi connectivity index (χ4n) is 0.706. The van der Waals surface area contributed by atoms with E-state index in [-0.39, 0.29) is 6.42 Å². The predicted octanol–water partition coefficient (Wildman–Crippen LogP) is -2.14. The second-order valence-electron chi connectivity index (χ2n) is 2.30. The number of rotatable bonds is 6. The van der Waals surface area contributed by atoms with Crippen molar-refractivity contribution < 1.29 is 14.7 Å². The Kier molecular flexibility index (Phi) is 4.98. The number of carboxylic acid groups (broad SMARTS) is 1. The molecule has 0 aromatic heterocycles. The van der Waals surface area contributed by atoms with Gasteiger partial charge in [-0.25, -0.2) is 0 Å². The number of nitrogens with two attached hydrogens (primary N) is 2. The van der Waals surface area contributed by atoms with Crippen LogP contribution < -0.4 is 16.8 Å². The van der Waals surface area contributed by atoms with E-state index in [9.17, 15) is 9.59 Å². The topological polar surface area (TPSA) is 118 Å². The first kappa shape index (κ1) is 10.9. The van der Waals surface area contributed by atoms with Gasteiger partial charge in [0.1, 0.15) is 6.04 Å². The lowest BCUT2D eigenvalue weighted by Gasteiger charge is -2.10. The maximum atomic E-state index is 10.4. The molecule has 0 heterocycles. The molecule has 0 rings (SSSR count). The van der Waals surface area contributed by atoms with Crippen LogP contribution in [-0.2, 0) is 9.59 Å². The molecule has 70 valence electrons. The monoisotopic (exact) mass is 175 g/mol. The molecule has 0 saturated heterocycles. The van der Waals surface area contributed by atoms with Crippen molar-refractivity contribution in [2.75, 3.05) is 13.1 Å². The maximum absolute atomic E-state index is 10.4. The molecule has 1 atom stereocenters. The Labute approximate surface area is 69.9 Å². The molecule has 0 fully saturated rings. The van der Waals surface area contributed by atoms with Crippen LogP contribution in [0, 0.1) is 0 Å². The largest absolute Gasteiger partial charge is 0.480 e. The number of aliphatic carboxylic acids is 1. The molecule has 0 radical (unpaired) electrons. The van der Waals surface area contributed by atoms with Gasteiger partial charge in [0.15, 0.2) is 0 Å². The summed E-state index contributed by atoms with van der Waals surface area (Å²) >= 11 is 0. The molecule has 0 saturated carbocycles. The normalized spacial score (nSPS) is 12.4. The van der Waals surface area contributed by atoms with Gasteiger partial charge in [-0.15, -0.1) is 0 Å². The highest BCUT2D eigenvalue weighted by Gasteiger charge is 2.18. The molecule has 6 N–H and O–H groups in total. The molecule has 0 unspecified atom stereocenters. The zero-order valence-electron chi connectivity index (χ0n) is 6.62. The maximum Gasteiger partial charge on any atom is 0.321 e. The van der Waals surface area contributed by atoms with E-state index in [0.717, 1.165) is 0 Å². The van der Waals surface area contributed by atoms with Gasteiger partial charge in [-0.3, -0.25) is 9.59 Å². The van der Waals surface area contributed by atoms with Crippen LogP contribution in [0.2, 0.25) is 0 Å². The van der Waals surface area contributed by atoms with Crippen molar-refractivity contribution in [3.8, 4) is 0 Å². The lowest BCUT2D eigenvalue weighted by atomic mass is 10.2. The molecule has 6 heteroatoms. The van der Waals surface area contributed by atoms with Crippen LogP contribution in [-0.4, -0.2) is 36.1 Å². The number of amides is 1. The Bertz CT molecular complexity index is 171. The van der Waals surface area contributed by atoms with E-state index in [1.54, 1.807) is 0 Å². The van der Waals surface area contributed by atoms with E-state index in [1.807, 2.05) is 0 Å². The van der Waals surface area contributed by atoms with Crippen molar-refractivity contribution in [3.05, 3.63) is 0 Å². The first-order valence-electron chi connectivity index (χ1n) is 3.52. The second kappa shape index (κ2) is 5.50. The zero-order valence-corrected chi connectivity index (χ0v) is 6.62. The van der Waals surface area contributed by atoms with Gasteiger partial charge in [0.25, 0.3) is 0 Å². The smallest absolute Gasteiger partial charge is 0.321 e. The highest BCUT2D eigenvalue weighted by atomic mass is 16.4. The molecule has 0 aliphatic carbocycles. The lowest BCUT2D eigenvalue weighted by Crippen LogP contribution is -2.42. The molecule has 0 aliphatic heterocycles. The first-order chi connectivity index (χ1) is 5.57. The summed E-state index contributed by atoms with van der Waals surface area (Å²) in [6.45, 7) is 0.673. The SMILES string of the molecule is NCCN[C@@H](CC(N)=O)C(=O)O. The minimum atomic E-state index is -1.10. The van der Waals surface area contributed by atoms with E-state index in [4.69, 9.17) is 16.6 Å². The highest BCUT2D eigenvalue weighted by Crippen LogP contribution is 1.90. The molecule has 0 aromatic rings. The Balaban J connectivity index is 3.87. The molecule has 12 heavy (non-hydrogen) atoms. The van der Waals surface area contributed by atoms with E-state index >= 15 is 0 Å². The lowest BCUT2D eigenvalue weighted by molar-refractivity contribution is -0.141. The Hall–Kier alpha value is -1.14. The van der Waals surface area contributed by atoms with E-state index < -0.39 is 17.9 Å². The van der Waals surface area contributed by atoms with E-state index in [2.05, 4.69) is 5.32 Å². The summed E-state index contributed by atoms with van der Waals surface area (Å²) in [6.07, 6.45) is -0.213. The number of hydrogen-bond donors (Lipinski definition) is 4. The summed E-state index contributed by atoms with van der Waals surface area (Å²) < 4.78 is 0. The summed E-state index contributed by atoms with van der Waals surface area (Å²) in [5.41, 5.74) is 9.97. The number of nitrogens with one attached hydrogen (secondary N) is 1. The van der Waals surface area contributed by atoms with Crippen LogP contribution in [0.5, 0.6) is 0 Å². The average Bonchev–Trinajstić information content (AvgIpc) is 1.96. The standard InChI is InChI=1S/C6H13N3O3/c7-1-2-9-4(6(11)12)3-5(8)10/h4,9H,1-3,7H2,(H2,8,10)(H,11,12)/t4-/m0/s1. The number of carbonyl (C=O) groups is 2. The fraction of sp³-hybridized carbons (Fsp3) is 0.667. The summed E-state index contributed by atoms with van der Waals surface area (Å²) in [5.74, 6) is -1.74. The minimum absolute atomic E-state index is 0.213. The quantitative estimate of drug-likeness (QED) is 0.367. The summed E-state index contributed by atoms with van der Waals surface area (Å²) in [6, 6.07) is -0.925. The van der Waals surface area contributed by atoms with Gasteiger partial charge in [-0.05, 0) is 0 Å². The Morgan fingerprint density at radius 1 is 1.50 bits per heavy atom. The van der Waals surface area contributed by atoms with E-state index in [0.29, 0.717) is 13.1 Å². The van der Waals surface area contributed by atoms with Crippen molar-refractivity contribution in [1.29, 1.82) is 0 Å². The summed E-state index contributed by atoms with van der Waals surface area (Å²) in [4.78, 5) is 20.8. The predicted molar refractivity (Wildman–Crippen MR) is 42.3 cm³/mol. The van der Waals surface area contributed by atoms with Crippen molar-refractivity contribution in [2.24, 2.45) is 11.5 Å². The van der Waals surface area contributed by atoms with Gasteiger partial charge >= 0.3 is 5.97 Å². The highest BCUT2D eigenvalue weighted by molar-refractivity contribution is 5.83. The van der Waals surface area contributed by atoms with Crippen LogP contribution in [0.15, 0.2) is 0 Å². The molecule has 1 amide bonds. The van der Waals surface area contributed by atoms with Crippen LogP contribution in [0.25, 0.3) is 0 Å². The summed E-state index contributed by atoms with van der Waals surface area (Å²) in [5, 5.41) is 11.1. The molecular formula is C6H13N3O3. The average molecular weight is 175 g/mol. The molecule has 6 nitrogen and oxygen atoms in total. The molecular weight excluding hydrogens is 162 g/mol. The van der Waals surface area contributed by atoms with Crippen LogP contribution >= 0.6 is 0 Å². The van der Waals surface area contributed by atoms with E-state index in [1.165, 1.54) is 0 Å². The fourth-order valence-corrected chi connectivity index (χ4v) is 0.706. The third-order valence-corrected chi connectivity index (χ3v) is 1.24. The first-order valence-corrected chi connectivity index (χ1v) is 3.52. The molecule has 0 spiro atoms. The third-order valence-electron chi connectivity index (χ3n) is 1.24. The van der Waals surface area contributed by atoms with Gasteiger partial charge in [-0.1, -0.05) is 0 Å². The second-order valence-corrected chi connectivity index (χ2v) is 2.30. The zero-order chi connectivity index (χ0) is 9.56. The van der Waals surface area contributed by atoms with Crippen LogP contribution in [0.3, 0.4) is 0 Å². The summed E-state index contributed by atoms with van der Waals surface area (Å²) in [7, 11) is 0. The van der Waals surface area contributed by atoms with Crippen LogP contribution in [0.4, 0.5) is 0 Å². The molecule has 0 aliphatic rings. The van der Waals surface area contributed by atoms with Gasteiger partial charge < -0.3 is 21.9 Å². The number of primary amides is 1. The van der Waals surface area contributed by atoms with Crippen molar-refractivity contribution in [2.45, 2.75) is 12.5 Å². The number of carbonyl (C=O) groups excluding carboxylic acids is 1. The molecule has 0 bridgehead atoms. The van der Waals surface area contributed by atoms with Crippen molar-refractivity contribution in [3.63, 3.8) is 0 Å². The van der Waals surface area contributed by atoms with Gasteiger partial charge in [0, 0.05) is 13.1 Å². The van der Waals surface area contributed by atoms with Crippen molar-refractivity contribution in [1.82, 2.24) is 5.32 Å². The van der Waals surface area contributed by atoms with Gasteiger partial charge in [0.2, 0.25) is 5.91 Å².